The second-order valence-corrected chi connectivity index (χ2v) is 8.18. The van der Waals surface area contributed by atoms with Gasteiger partial charge in [-0.15, -0.1) is 11.3 Å². The van der Waals surface area contributed by atoms with Crippen molar-refractivity contribution < 1.29 is 4.74 Å². The lowest BCUT2D eigenvalue weighted by atomic mass is 10.1. The lowest BCUT2D eigenvalue weighted by Crippen LogP contribution is -2.46. The lowest BCUT2D eigenvalue weighted by Gasteiger charge is -2.36. The van der Waals surface area contributed by atoms with Crippen LogP contribution < -0.4 is 9.64 Å². The molecule has 0 N–H and O–H groups in total. The third kappa shape index (κ3) is 3.91. The minimum Gasteiger partial charge on any atom is -0.496 e. The molecular formula is C23H27N3OS. The van der Waals surface area contributed by atoms with Crippen molar-refractivity contribution in [3.63, 3.8) is 0 Å². The smallest absolute Gasteiger partial charge is 0.129 e. The van der Waals surface area contributed by atoms with Gasteiger partial charge in [-0.25, -0.2) is 4.98 Å². The van der Waals surface area contributed by atoms with Crippen molar-refractivity contribution in [2.24, 2.45) is 0 Å². The highest BCUT2D eigenvalue weighted by molar-refractivity contribution is 7.13. The normalized spacial score (nSPS) is 15.0. The number of aryl methyl sites for hydroxylation is 1. The Kier molecular flexibility index (Phi) is 5.64. The molecule has 2 heterocycles. The number of hydrogen-bond acceptors (Lipinski definition) is 5. The number of hydrogen-bond donors (Lipinski definition) is 0. The van der Waals surface area contributed by atoms with Gasteiger partial charge in [-0.05, 0) is 43.2 Å². The molecule has 0 saturated carbocycles. The Balaban J connectivity index is 1.39. The summed E-state index contributed by atoms with van der Waals surface area (Å²) in [6.07, 6.45) is 0. The number of para-hydroxylation sites is 1. The van der Waals surface area contributed by atoms with Gasteiger partial charge >= 0.3 is 0 Å². The van der Waals surface area contributed by atoms with E-state index in [9.17, 15) is 0 Å². The molecule has 4 rings (SSSR count). The minimum atomic E-state index is 0.880. The van der Waals surface area contributed by atoms with Gasteiger partial charge in [0.1, 0.15) is 10.8 Å². The topological polar surface area (TPSA) is 28.6 Å². The highest BCUT2D eigenvalue weighted by Crippen LogP contribution is 2.32. The van der Waals surface area contributed by atoms with E-state index in [2.05, 4.69) is 53.3 Å². The molecule has 1 aliphatic rings. The molecule has 3 aromatic rings. The highest BCUT2D eigenvalue weighted by atomic mass is 32.1. The summed E-state index contributed by atoms with van der Waals surface area (Å²) in [5, 5.41) is 3.21. The van der Waals surface area contributed by atoms with Crippen molar-refractivity contribution in [2.45, 2.75) is 20.4 Å². The van der Waals surface area contributed by atoms with Crippen LogP contribution in [0.25, 0.3) is 10.6 Å². The summed E-state index contributed by atoms with van der Waals surface area (Å²) in [6.45, 7) is 9.58. The van der Waals surface area contributed by atoms with E-state index in [1.54, 1.807) is 18.4 Å². The molecule has 0 bridgehead atoms. The van der Waals surface area contributed by atoms with Gasteiger partial charge in [0.05, 0.1) is 18.4 Å². The van der Waals surface area contributed by atoms with E-state index in [-0.39, 0.29) is 0 Å². The van der Waals surface area contributed by atoms with Crippen LogP contribution in [0.2, 0.25) is 0 Å². The van der Waals surface area contributed by atoms with Gasteiger partial charge in [0.25, 0.3) is 0 Å². The summed E-state index contributed by atoms with van der Waals surface area (Å²) in [5.41, 5.74) is 6.36. The van der Waals surface area contributed by atoms with E-state index in [1.165, 1.54) is 16.8 Å². The van der Waals surface area contributed by atoms with Crippen molar-refractivity contribution in [1.29, 1.82) is 0 Å². The number of anilines is 1. The van der Waals surface area contributed by atoms with Crippen LogP contribution in [0.4, 0.5) is 5.69 Å². The lowest BCUT2D eigenvalue weighted by molar-refractivity contribution is 0.247. The van der Waals surface area contributed by atoms with Crippen molar-refractivity contribution in [1.82, 2.24) is 9.88 Å². The Bertz CT molecular complexity index is 945. The second kappa shape index (κ2) is 8.33. The molecule has 0 aliphatic carbocycles. The number of ether oxygens (including phenoxy) is 1. The van der Waals surface area contributed by atoms with Gasteiger partial charge in [-0.2, -0.15) is 0 Å². The number of benzene rings is 2. The minimum absolute atomic E-state index is 0.880. The molecule has 4 nitrogen and oxygen atoms in total. The van der Waals surface area contributed by atoms with Gasteiger partial charge in [-0.1, -0.05) is 24.3 Å². The third-order valence-corrected chi connectivity index (χ3v) is 6.49. The number of methoxy groups -OCH3 is 1. The molecule has 0 amide bonds. The summed E-state index contributed by atoms with van der Waals surface area (Å²) < 4.78 is 5.48. The predicted molar refractivity (Wildman–Crippen MR) is 118 cm³/mol. The van der Waals surface area contributed by atoms with Crippen molar-refractivity contribution in [3.05, 3.63) is 64.7 Å². The molecule has 1 aromatic heterocycles. The fraction of sp³-hybridized carbons (Fsp3) is 0.348. The van der Waals surface area contributed by atoms with Crippen LogP contribution in [-0.2, 0) is 6.54 Å². The molecule has 146 valence electrons. The first-order chi connectivity index (χ1) is 13.7. The number of piperazine rings is 1. The summed E-state index contributed by atoms with van der Waals surface area (Å²) in [6, 6.07) is 14.7. The molecule has 1 saturated heterocycles. The fourth-order valence-corrected chi connectivity index (χ4v) is 4.62. The zero-order valence-electron chi connectivity index (χ0n) is 16.8. The first-order valence-electron chi connectivity index (χ1n) is 9.77. The molecule has 2 aromatic carbocycles. The van der Waals surface area contributed by atoms with Crippen molar-refractivity contribution >= 4 is 17.0 Å². The van der Waals surface area contributed by atoms with Crippen LogP contribution in [-0.4, -0.2) is 43.2 Å². The number of rotatable bonds is 5. The zero-order valence-corrected chi connectivity index (χ0v) is 17.6. The summed E-state index contributed by atoms with van der Waals surface area (Å²) in [5.74, 6) is 0.880. The van der Waals surface area contributed by atoms with E-state index in [4.69, 9.17) is 9.72 Å². The van der Waals surface area contributed by atoms with Crippen LogP contribution >= 0.6 is 11.3 Å². The molecular weight excluding hydrogens is 366 g/mol. The van der Waals surface area contributed by atoms with Gasteiger partial charge in [0.2, 0.25) is 0 Å². The summed E-state index contributed by atoms with van der Waals surface area (Å²) in [4.78, 5) is 9.89. The SMILES string of the molecule is COc1ccccc1-c1nc(CN2CCN(c3cccc(C)c3C)CC2)cs1. The second-order valence-electron chi connectivity index (χ2n) is 7.33. The average Bonchev–Trinajstić information content (AvgIpc) is 3.19. The third-order valence-electron chi connectivity index (χ3n) is 5.56. The standard InChI is InChI=1S/C23H27N3OS/c1-17-7-6-9-21(18(17)2)26-13-11-25(12-14-26)15-19-16-28-23(24-19)20-8-4-5-10-22(20)27-3/h4-10,16H,11-15H2,1-3H3. The van der Waals surface area contributed by atoms with Crippen LogP contribution in [0.5, 0.6) is 5.75 Å². The van der Waals surface area contributed by atoms with Crippen LogP contribution in [0.1, 0.15) is 16.8 Å². The first-order valence-corrected chi connectivity index (χ1v) is 10.6. The number of thiazole rings is 1. The first kappa shape index (κ1) is 19.0. The van der Waals surface area contributed by atoms with Crippen LogP contribution in [0.3, 0.4) is 0 Å². The quantitative estimate of drug-likeness (QED) is 0.625. The van der Waals surface area contributed by atoms with Crippen LogP contribution in [0.15, 0.2) is 47.8 Å². The molecule has 0 radical (unpaired) electrons. The number of aromatic nitrogens is 1. The van der Waals surface area contributed by atoms with Gasteiger partial charge in [0.15, 0.2) is 0 Å². The predicted octanol–water partition coefficient (Wildman–Crippen LogP) is 4.76. The Morgan fingerprint density at radius 1 is 1.00 bits per heavy atom. The summed E-state index contributed by atoms with van der Waals surface area (Å²) >= 11 is 1.69. The van der Waals surface area contributed by atoms with E-state index in [1.807, 2.05) is 18.2 Å². The van der Waals surface area contributed by atoms with E-state index in [0.717, 1.165) is 54.7 Å². The Labute approximate surface area is 171 Å². The van der Waals surface area contributed by atoms with Gasteiger partial charge in [0, 0.05) is 43.8 Å². The molecule has 1 aliphatic heterocycles. The molecule has 5 heteroatoms. The molecule has 28 heavy (non-hydrogen) atoms. The molecule has 0 spiro atoms. The Morgan fingerprint density at radius 2 is 1.79 bits per heavy atom. The average molecular weight is 394 g/mol. The van der Waals surface area contributed by atoms with Gasteiger partial charge in [-0.3, -0.25) is 4.90 Å². The van der Waals surface area contributed by atoms with E-state index in [0.29, 0.717) is 0 Å². The molecule has 1 fully saturated rings. The Morgan fingerprint density at radius 3 is 2.57 bits per heavy atom. The van der Waals surface area contributed by atoms with E-state index >= 15 is 0 Å². The van der Waals surface area contributed by atoms with Crippen LogP contribution in [0, 0.1) is 13.8 Å². The largest absolute Gasteiger partial charge is 0.496 e. The van der Waals surface area contributed by atoms with Crippen molar-refractivity contribution in [2.75, 3.05) is 38.2 Å². The Hall–Kier alpha value is -2.37. The maximum Gasteiger partial charge on any atom is 0.129 e. The molecule has 0 unspecified atom stereocenters. The van der Waals surface area contributed by atoms with Crippen molar-refractivity contribution in [3.8, 4) is 16.3 Å². The summed E-state index contributed by atoms with van der Waals surface area (Å²) in [7, 11) is 1.71. The maximum atomic E-state index is 5.48. The molecule has 0 atom stereocenters. The fourth-order valence-electron chi connectivity index (χ4n) is 3.78. The number of nitrogens with zero attached hydrogens (tertiary/aromatic N) is 3. The maximum absolute atomic E-state index is 5.48. The van der Waals surface area contributed by atoms with Gasteiger partial charge < -0.3 is 9.64 Å². The zero-order chi connectivity index (χ0) is 19.5. The monoisotopic (exact) mass is 393 g/mol. The van der Waals surface area contributed by atoms with E-state index < -0.39 is 0 Å². The highest BCUT2D eigenvalue weighted by Gasteiger charge is 2.20.